The van der Waals surface area contributed by atoms with Crippen LogP contribution in [-0.2, 0) is 4.79 Å². The highest BCUT2D eigenvalue weighted by Crippen LogP contribution is 2.24. The van der Waals surface area contributed by atoms with Gasteiger partial charge in [0.15, 0.2) is 0 Å². The summed E-state index contributed by atoms with van der Waals surface area (Å²) in [5.74, 6) is 1.45. The summed E-state index contributed by atoms with van der Waals surface area (Å²) in [5, 5.41) is 6.43. The molecule has 1 N–H and O–H groups in total. The van der Waals surface area contributed by atoms with Crippen molar-refractivity contribution in [2.75, 3.05) is 11.1 Å². The Bertz CT molecular complexity index is 804. The molecule has 0 unspecified atom stereocenters. The molecule has 118 valence electrons. The smallest absolute Gasteiger partial charge is 0.225 e. The first-order valence-electron chi connectivity index (χ1n) is 7.09. The lowest BCUT2D eigenvalue weighted by atomic mass is 10.3. The number of amides is 1. The summed E-state index contributed by atoms with van der Waals surface area (Å²) in [6.07, 6.45) is 2.75. The van der Waals surface area contributed by atoms with E-state index in [9.17, 15) is 4.79 Å². The van der Waals surface area contributed by atoms with E-state index in [0.717, 1.165) is 32.3 Å². The lowest BCUT2D eigenvalue weighted by Gasteiger charge is -2.05. The van der Waals surface area contributed by atoms with Crippen LogP contribution >= 0.6 is 34.7 Å². The van der Waals surface area contributed by atoms with Gasteiger partial charge in [0.25, 0.3) is 0 Å². The van der Waals surface area contributed by atoms with Gasteiger partial charge in [-0.2, -0.15) is 0 Å². The van der Waals surface area contributed by atoms with E-state index >= 15 is 0 Å². The van der Waals surface area contributed by atoms with Crippen LogP contribution in [0.1, 0.15) is 12.8 Å². The zero-order chi connectivity index (χ0) is 16.1. The van der Waals surface area contributed by atoms with E-state index in [1.165, 1.54) is 17.7 Å². The van der Waals surface area contributed by atoms with Gasteiger partial charge >= 0.3 is 0 Å². The second-order valence-corrected chi connectivity index (χ2v) is 7.32. The Hall–Kier alpha value is -1.63. The highest BCUT2D eigenvalue weighted by molar-refractivity contribution is 7.99. The lowest BCUT2D eigenvalue weighted by Crippen LogP contribution is -2.12. The number of rotatable bonds is 6. The minimum atomic E-state index is -0.0205. The average molecular weight is 364 g/mol. The maximum Gasteiger partial charge on any atom is 0.225 e. The van der Waals surface area contributed by atoms with Gasteiger partial charge < -0.3 is 5.32 Å². The van der Waals surface area contributed by atoms with E-state index < -0.39 is 0 Å². The molecule has 23 heavy (non-hydrogen) atoms. The number of carbonyl (C=O) groups excluding carboxylic acids is 1. The third-order valence-corrected chi connectivity index (χ3v) is 5.32. The fourth-order valence-corrected chi connectivity index (χ4v) is 3.75. The zero-order valence-corrected chi connectivity index (χ0v) is 14.5. The number of nitrogens with zero attached hydrogens (tertiary/aromatic N) is 2. The first kappa shape index (κ1) is 16.2. The molecule has 0 aliphatic heterocycles. The average Bonchev–Trinajstić information content (AvgIpc) is 3.03. The van der Waals surface area contributed by atoms with Gasteiger partial charge in [-0.05, 0) is 47.9 Å². The van der Waals surface area contributed by atoms with Crippen molar-refractivity contribution in [2.24, 2.45) is 0 Å². The van der Waals surface area contributed by atoms with Crippen LogP contribution in [0.3, 0.4) is 0 Å². The summed E-state index contributed by atoms with van der Waals surface area (Å²) in [5.41, 5.74) is 0. The summed E-state index contributed by atoms with van der Waals surface area (Å²) in [7, 11) is 0. The number of anilines is 1. The van der Waals surface area contributed by atoms with E-state index in [2.05, 4.69) is 15.3 Å². The number of fused-ring (bicyclic) bond motifs is 1. The van der Waals surface area contributed by atoms with Crippen molar-refractivity contribution in [1.82, 2.24) is 9.97 Å². The van der Waals surface area contributed by atoms with Crippen LogP contribution in [-0.4, -0.2) is 21.6 Å². The molecule has 0 spiro atoms. The fraction of sp³-hybridized carbons (Fsp3) is 0.188. The Labute approximate surface area is 147 Å². The SMILES string of the molecule is O=C(CCCSc1ccc(Cl)cc1)Nc1ncnc2sccc12. The second kappa shape index (κ2) is 7.77. The predicted molar refractivity (Wildman–Crippen MR) is 97.5 cm³/mol. The van der Waals surface area contributed by atoms with E-state index in [0.29, 0.717) is 12.2 Å². The van der Waals surface area contributed by atoms with Gasteiger partial charge in [0.1, 0.15) is 17.0 Å². The molecule has 1 amide bonds. The molecule has 0 fully saturated rings. The van der Waals surface area contributed by atoms with E-state index in [1.807, 2.05) is 35.7 Å². The summed E-state index contributed by atoms with van der Waals surface area (Å²) in [4.78, 5) is 22.4. The number of thioether (sulfide) groups is 1. The molecule has 4 nitrogen and oxygen atoms in total. The quantitative estimate of drug-likeness (QED) is 0.502. The van der Waals surface area contributed by atoms with Crippen LogP contribution in [0.15, 0.2) is 46.9 Å². The number of aromatic nitrogens is 2. The van der Waals surface area contributed by atoms with Gasteiger partial charge in [-0.1, -0.05) is 11.6 Å². The highest BCUT2D eigenvalue weighted by Gasteiger charge is 2.08. The first-order valence-corrected chi connectivity index (χ1v) is 9.33. The molecule has 3 aromatic rings. The van der Waals surface area contributed by atoms with Crippen LogP contribution in [0, 0.1) is 0 Å². The van der Waals surface area contributed by atoms with Gasteiger partial charge in [0.05, 0.1) is 5.39 Å². The van der Waals surface area contributed by atoms with Crippen LogP contribution in [0.25, 0.3) is 10.2 Å². The monoisotopic (exact) mass is 363 g/mol. The van der Waals surface area contributed by atoms with Crippen molar-refractivity contribution >= 4 is 56.6 Å². The molecular formula is C16H14ClN3OS2. The fourth-order valence-electron chi connectivity index (χ4n) is 2.04. The van der Waals surface area contributed by atoms with Crippen molar-refractivity contribution in [2.45, 2.75) is 17.7 Å². The topological polar surface area (TPSA) is 54.9 Å². The van der Waals surface area contributed by atoms with Crippen LogP contribution < -0.4 is 5.32 Å². The molecule has 0 atom stereocenters. The molecular weight excluding hydrogens is 350 g/mol. The molecule has 3 rings (SSSR count). The maximum absolute atomic E-state index is 12.0. The van der Waals surface area contributed by atoms with Crippen molar-refractivity contribution in [3.8, 4) is 0 Å². The van der Waals surface area contributed by atoms with Gasteiger partial charge in [-0.15, -0.1) is 23.1 Å². The Balaban J connectivity index is 1.46. The Morgan fingerprint density at radius 2 is 2.04 bits per heavy atom. The van der Waals surface area contributed by atoms with Crippen LogP contribution in [0.5, 0.6) is 0 Å². The van der Waals surface area contributed by atoms with Crippen molar-refractivity contribution in [3.05, 3.63) is 47.1 Å². The normalized spacial score (nSPS) is 10.8. The second-order valence-electron chi connectivity index (χ2n) is 4.82. The molecule has 0 aliphatic carbocycles. The largest absolute Gasteiger partial charge is 0.310 e. The van der Waals surface area contributed by atoms with Gasteiger partial charge in [-0.3, -0.25) is 4.79 Å². The molecule has 0 bridgehead atoms. The van der Waals surface area contributed by atoms with E-state index in [4.69, 9.17) is 11.6 Å². The molecule has 2 heterocycles. The van der Waals surface area contributed by atoms with Crippen molar-refractivity contribution in [3.63, 3.8) is 0 Å². The molecule has 7 heteroatoms. The summed E-state index contributed by atoms with van der Waals surface area (Å²) < 4.78 is 0. The molecule has 0 saturated carbocycles. The molecule has 2 aromatic heterocycles. The summed E-state index contributed by atoms with van der Waals surface area (Å²) >= 11 is 9.11. The number of carbonyl (C=O) groups is 1. The van der Waals surface area contributed by atoms with E-state index in [-0.39, 0.29) is 5.91 Å². The minimum absolute atomic E-state index is 0.0205. The Morgan fingerprint density at radius 1 is 1.22 bits per heavy atom. The van der Waals surface area contributed by atoms with Gasteiger partial charge in [0.2, 0.25) is 5.91 Å². The first-order chi connectivity index (χ1) is 11.2. The standard InChI is InChI=1S/C16H14ClN3OS2/c17-11-3-5-12(6-4-11)22-8-1-2-14(21)20-15-13-7-9-23-16(13)19-10-18-15/h3-7,9-10H,1-2,8H2,(H,18,19,20,21). The van der Waals surface area contributed by atoms with Crippen LogP contribution in [0.2, 0.25) is 5.02 Å². The highest BCUT2D eigenvalue weighted by atomic mass is 35.5. The third kappa shape index (κ3) is 4.43. The number of halogens is 1. The third-order valence-electron chi connectivity index (χ3n) is 3.15. The predicted octanol–water partition coefficient (Wildman–Crippen LogP) is 4.86. The Kier molecular flexibility index (Phi) is 5.48. The van der Waals surface area contributed by atoms with Gasteiger partial charge in [0, 0.05) is 16.3 Å². The number of hydrogen-bond donors (Lipinski definition) is 1. The number of nitrogens with one attached hydrogen (secondary N) is 1. The van der Waals surface area contributed by atoms with Crippen LogP contribution in [0.4, 0.5) is 5.82 Å². The molecule has 0 radical (unpaired) electrons. The van der Waals surface area contributed by atoms with Crippen molar-refractivity contribution in [1.29, 1.82) is 0 Å². The van der Waals surface area contributed by atoms with Crippen molar-refractivity contribution < 1.29 is 4.79 Å². The molecule has 1 aromatic carbocycles. The summed E-state index contributed by atoms with van der Waals surface area (Å²) in [6.45, 7) is 0. The molecule has 0 aliphatic rings. The lowest BCUT2D eigenvalue weighted by molar-refractivity contribution is -0.116. The maximum atomic E-state index is 12.0. The van der Waals surface area contributed by atoms with Gasteiger partial charge in [-0.25, -0.2) is 9.97 Å². The Morgan fingerprint density at radius 3 is 2.87 bits per heavy atom. The van der Waals surface area contributed by atoms with E-state index in [1.54, 1.807) is 11.8 Å². The number of benzene rings is 1. The zero-order valence-electron chi connectivity index (χ0n) is 12.2. The number of thiophene rings is 1. The summed E-state index contributed by atoms with van der Waals surface area (Å²) in [6, 6.07) is 9.64. The number of hydrogen-bond acceptors (Lipinski definition) is 5. The molecule has 0 saturated heterocycles. The minimum Gasteiger partial charge on any atom is -0.310 e.